The van der Waals surface area contributed by atoms with Gasteiger partial charge in [-0.05, 0) is 37.1 Å². The van der Waals surface area contributed by atoms with Crippen molar-refractivity contribution in [2.75, 3.05) is 0 Å². The molecule has 6 nitrogen and oxygen atoms in total. The van der Waals surface area contributed by atoms with Gasteiger partial charge in [0.2, 0.25) is 0 Å². The standard InChI is InChI=1S/C17H19FN4O2/c1-11(2)17(3)15(23)21(16(24)19-17)10-13-7-8-22(20-13)14-6-4-5-12(18)9-14/h4-9,11H,10H2,1-3H3,(H,19,24)/t17-/m1/s1. The molecule has 0 unspecified atom stereocenters. The van der Waals surface area contributed by atoms with Crippen molar-refractivity contribution in [2.24, 2.45) is 5.92 Å². The molecule has 126 valence electrons. The Morgan fingerprint density at radius 1 is 1.29 bits per heavy atom. The SMILES string of the molecule is CC(C)[C@@]1(C)NC(=O)N(Cc2ccn(-c3cccc(F)c3)n2)C1=O. The number of nitrogens with zero attached hydrogens (tertiary/aromatic N) is 3. The summed E-state index contributed by atoms with van der Waals surface area (Å²) in [4.78, 5) is 25.9. The molecule has 3 amide bonds. The van der Waals surface area contributed by atoms with E-state index in [0.29, 0.717) is 11.4 Å². The first-order chi connectivity index (χ1) is 11.3. The average molecular weight is 330 g/mol. The second-order valence-electron chi connectivity index (χ2n) is 6.41. The number of carbonyl (C=O) groups is 2. The van der Waals surface area contributed by atoms with Crippen LogP contribution in [0.2, 0.25) is 0 Å². The first-order valence-corrected chi connectivity index (χ1v) is 7.76. The molecule has 0 bridgehead atoms. The number of rotatable bonds is 4. The van der Waals surface area contributed by atoms with Crippen molar-refractivity contribution >= 4 is 11.9 Å². The van der Waals surface area contributed by atoms with Crippen LogP contribution in [0.1, 0.15) is 26.5 Å². The molecule has 0 saturated carbocycles. The van der Waals surface area contributed by atoms with E-state index in [9.17, 15) is 14.0 Å². The lowest BCUT2D eigenvalue weighted by Crippen LogP contribution is -2.48. The minimum atomic E-state index is -0.901. The molecule has 1 saturated heterocycles. The van der Waals surface area contributed by atoms with E-state index in [0.717, 1.165) is 4.90 Å². The van der Waals surface area contributed by atoms with Crippen LogP contribution in [-0.4, -0.2) is 32.2 Å². The third-order valence-electron chi connectivity index (χ3n) is 4.49. The number of hydrogen-bond donors (Lipinski definition) is 1. The molecule has 24 heavy (non-hydrogen) atoms. The summed E-state index contributed by atoms with van der Waals surface area (Å²) < 4.78 is 14.8. The Bertz CT molecular complexity index is 801. The van der Waals surface area contributed by atoms with Crippen LogP contribution in [0.3, 0.4) is 0 Å². The predicted molar refractivity (Wildman–Crippen MR) is 85.8 cm³/mol. The fourth-order valence-electron chi connectivity index (χ4n) is 2.62. The lowest BCUT2D eigenvalue weighted by atomic mass is 9.88. The van der Waals surface area contributed by atoms with E-state index in [1.165, 1.54) is 16.8 Å². The number of nitrogens with one attached hydrogen (secondary N) is 1. The fourth-order valence-corrected chi connectivity index (χ4v) is 2.62. The quantitative estimate of drug-likeness (QED) is 0.876. The van der Waals surface area contributed by atoms with Gasteiger partial charge in [0.05, 0.1) is 17.9 Å². The highest BCUT2D eigenvalue weighted by Crippen LogP contribution is 2.26. The van der Waals surface area contributed by atoms with Crippen molar-refractivity contribution < 1.29 is 14.0 Å². The molecule has 1 N–H and O–H groups in total. The Morgan fingerprint density at radius 2 is 2.04 bits per heavy atom. The normalized spacial score (nSPS) is 20.8. The average Bonchev–Trinajstić information content (AvgIpc) is 3.07. The summed E-state index contributed by atoms with van der Waals surface area (Å²) in [6.45, 7) is 5.58. The summed E-state index contributed by atoms with van der Waals surface area (Å²) in [6, 6.07) is 7.32. The van der Waals surface area contributed by atoms with Gasteiger partial charge in [0.1, 0.15) is 11.4 Å². The van der Waals surface area contributed by atoms with Crippen LogP contribution >= 0.6 is 0 Å². The van der Waals surface area contributed by atoms with E-state index < -0.39 is 11.6 Å². The molecular formula is C17H19FN4O2. The van der Waals surface area contributed by atoms with Crippen LogP contribution in [0.4, 0.5) is 9.18 Å². The highest BCUT2D eigenvalue weighted by Gasteiger charge is 2.49. The van der Waals surface area contributed by atoms with Gasteiger partial charge in [-0.25, -0.2) is 13.9 Å². The highest BCUT2D eigenvalue weighted by atomic mass is 19.1. The van der Waals surface area contributed by atoms with E-state index in [4.69, 9.17) is 0 Å². The molecule has 1 aromatic carbocycles. The van der Waals surface area contributed by atoms with Gasteiger partial charge in [0.15, 0.2) is 0 Å². The van der Waals surface area contributed by atoms with Crippen LogP contribution in [0.25, 0.3) is 5.69 Å². The second-order valence-corrected chi connectivity index (χ2v) is 6.41. The number of aromatic nitrogens is 2. The van der Waals surface area contributed by atoms with Crippen molar-refractivity contribution in [3.63, 3.8) is 0 Å². The molecule has 0 radical (unpaired) electrons. The van der Waals surface area contributed by atoms with Crippen molar-refractivity contribution in [1.29, 1.82) is 0 Å². The predicted octanol–water partition coefficient (Wildman–Crippen LogP) is 2.48. The molecule has 1 aromatic heterocycles. The van der Waals surface area contributed by atoms with E-state index in [1.807, 2.05) is 13.8 Å². The van der Waals surface area contributed by atoms with E-state index >= 15 is 0 Å². The maximum absolute atomic E-state index is 13.3. The topological polar surface area (TPSA) is 67.2 Å². The molecule has 3 rings (SSSR count). The van der Waals surface area contributed by atoms with Crippen LogP contribution < -0.4 is 5.32 Å². The van der Waals surface area contributed by atoms with Gasteiger partial charge in [0, 0.05) is 6.20 Å². The zero-order chi connectivity index (χ0) is 17.5. The van der Waals surface area contributed by atoms with E-state index in [1.54, 1.807) is 31.3 Å². The summed E-state index contributed by atoms with van der Waals surface area (Å²) in [7, 11) is 0. The van der Waals surface area contributed by atoms with Crippen LogP contribution in [0, 0.1) is 11.7 Å². The van der Waals surface area contributed by atoms with Crippen molar-refractivity contribution in [3.05, 3.63) is 48.0 Å². The Balaban J connectivity index is 1.80. The molecule has 1 aliphatic heterocycles. The third kappa shape index (κ3) is 2.66. The van der Waals surface area contributed by atoms with E-state index in [-0.39, 0.29) is 24.2 Å². The smallest absolute Gasteiger partial charge is 0.323 e. The molecule has 2 aromatic rings. The number of imide groups is 1. The number of hydrogen-bond acceptors (Lipinski definition) is 3. The van der Waals surface area contributed by atoms with Crippen molar-refractivity contribution in [2.45, 2.75) is 32.9 Å². The molecule has 2 heterocycles. The van der Waals surface area contributed by atoms with Gasteiger partial charge >= 0.3 is 6.03 Å². The summed E-state index contributed by atoms with van der Waals surface area (Å²) in [6.07, 6.45) is 1.67. The van der Waals surface area contributed by atoms with Gasteiger partial charge in [-0.3, -0.25) is 9.69 Å². The molecule has 0 spiro atoms. The molecular weight excluding hydrogens is 311 g/mol. The largest absolute Gasteiger partial charge is 0.325 e. The molecule has 1 fully saturated rings. The lowest BCUT2D eigenvalue weighted by molar-refractivity contribution is -0.132. The number of carbonyl (C=O) groups excluding carboxylic acids is 2. The minimum Gasteiger partial charge on any atom is -0.323 e. The Kier molecular flexibility index (Phi) is 3.87. The zero-order valence-corrected chi connectivity index (χ0v) is 13.8. The monoisotopic (exact) mass is 330 g/mol. The van der Waals surface area contributed by atoms with Gasteiger partial charge in [-0.2, -0.15) is 5.10 Å². The van der Waals surface area contributed by atoms with Gasteiger partial charge < -0.3 is 5.32 Å². The van der Waals surface area contributed by atoms with Gasteiger partial charge in [0.25, 0.3) is 5.91 Å². The summed E-state index contributed by atoms with van der Waals surface area (Å²) in [5.74, 6) is -0.641. The molecule has 1 aliphatic rings. The van der Waals surface area contributed by atoms with Gasteiger partial charge in [-0.15, -0.1) is 0 Å². The first-order valence-electron chi connectivity index (χ1n) is 7.76. The fraction of sp³-hybridized carbons (Fsp3) is 0.353. The van der Waals surface area contributed by atoms with Crippen molar-refractivity contribution in [1.82, 2.24) is 20.0 Å². The third-order valence-corrected chi connectivity index (χ3v) is 4.49. The number of urea groups is 1. The zero-order valence-electron chi connectivity index (χ0n) is 13.8. The summed E-state index contributed by atoms with van der Waals surface area (Å²) in [5, 5.41) is 7.07. The molecule has 1 atom stereocenters. The Morgan fingerprint density at radius 3 is 2.67 bits per heavy atom. The molecule has 7 heteroatoms. The number of halogens is 1. The number of amides is 3. The Labute approximate surface area is 139 Å². The maximum atomic E-state index is 13.3. The summed E-state index contributed by atoms with van der Waals surface area (Å²) in [5.41, 5.74) is 0.226. The van der Waals surface area contributed by atoms with Crippen LogP contribution in [0.5, 0.6) is 0 Å². The second kappa shape index (κ2) is 5.74. The number of benzene rings is 1. The molecule has 0 aliphatic carbocycles. The highest BCUT2D eigenvalue weighted by molar-refractivity contribution is 6.06. The Hall–Kier alpha value is -2.70. The van der Waals surface area contributed by atoms with Crippen LogP contribution in [0.15, 0.2) is 36.5 Å². The van der Waals surface area contributed by atoms with Crippen molar-refractivity contribution in [3.8, 4) is 5.69 Å². The van der Waals surface area contributed by atoms with Gasteiger partial charge in [-0.1, -0.05) is 19.9 Å². The summed E-state index contributed by atoms with van der Waals surface area (Å²) >= 11 is 0. The van der Waals surface area contributed by atoms with Crippen LogP contribution in [-0.2, 0) is 11.3 Å². The van der Waals surface area contributed by atoms with E-state index in [2.05, 4.69) is 10.4 Å². The first kappa shape index (κ1) is 16.2. The lowest BCUT2D eigenvalue weighted by Gasteiger charge is -2.25. The minimum absolute atomic E-state index is 0.0243. The maximum Gasteiger partial charge on any atom is 0.325 e.